The fourth-order valence-corrected chi connectivity index (χ4v) is 5.12. The minimum Gasteiger partial charge on any atom is -0.300 e. The zero-order valence-corrected chi connectivity index (χ0v) is 18.6. The number of hydrogen-bond acceptors (Lipinski definition) is 6. The van der Waals surface area contributed by atoms with Gasteiger partial charge in [0.1, 0.15) is 4.87 Å². The molecule has 2 aliphatic rings. The third-order valence-electron chi connectivity index (χ3n) is 4.67. The molecule has 2 aliphatic heterocycles. The van der Waals surface area contributed by atoms with Crippen molar-refractivity contribution in [1.29, 1.82) is 0 Å². The lowest BCUT2D eigenvalue weighted by molar-refractivity contribution is -0.131. The molecule has 1 N–H and O–H groups in total. The molecule has 0 spiro atoms. The van der Waals surface area contributed by atoms with E-state index < -0.39 is 4.87 Å². The largest absolute Gasteiger partial charge is 0.300 e. The van der Waals surface area contributed by atoms with Gasteiger partial charge < -0.3 is 5.32 Å². The molecule has 2 heterocycles. The third-order valence-corrected chi connectivity index (χ3v) is 6.76. The van der Waals surface area contributed by atoms with Crippen LogP contribution in [0.3, 0.4) is 0 Å². The number of nitrogens with zero attached hydrogens (tertiary/aromatic N) is 3. The lowest BCUT2D eigenvalue weighted by atomic mass is 10.1. The zero-order valence-electron chi connectivity index (χ0n) is 17.0. The molecule has 1 fully saturated rings. The van der Waals surface area contributed by atoms with Gasteiger partial charge in [-0.2, -0.15) is 4.99 Å². The molecule has 0 aromatic heterocycles. The van der Waals surface area contributed by atoms with Crippen molar-refractivity contribution < 1.29 is 9.59 Å². The molecule has 0 saturated carbocycles. The lowest BCUT2D eigenvalue weighted by Gasteiger charge is -2.30. The molecule has 8 heteroatoms. The molecule has 2 aromatic carbocycles. The van der Waals surface area contributed by atoms with Gasteiger partial charge in [0.15, 0.2) is 5.17 Å². The lowest BCUT2D eigenvalue weighted by Crippen LogP contribution is -2.37. The van der Waals surface area contributed by atoms with Gasteiger partial charge in [0.05, 0.1) is 4.91 Å². The van der Waals surface area contributed by atoms with Crippen molar-refractivity contribution in [3.05, 3.63) is 88.8 Å². The molecule has 156 valence electrons. The van der Waals surface area contributed by atoms with Gasteiger partial charge in [0.2, 0.25) is 11.1 Å². The third kappa shape index (κ3) is 4.65. The summed E-state index contributed by atoms with van der Waals surface area (Å²) in [5.41, 5.74) is 2.00. The quantitative estimate of drug-likeness (QED) is 0.700. The summed E-state index contributed by atoms with van der Waals surface area (Å²) < 4.78 is 0. The molecule has 31 heavy (non-hydrogen) atoms. The number of amidine groups is 2. The normalized spacial score (nSPS) is 23.6. The second-order valence-electron chi connectivity index (χ2n) is 6.94. The van der Waals surface area contributed by atoms with Gasteiger partial charge in [0, 0.05) is 6.92 Å². The first-order valence-electron chi connectivity index (χ1n) is 9.61. The highest BCUT2D eigenvalue weighted by atomic mass is 32.2. The smallest absolute Gasteiger partial charge is 0.264 e. The predicted molar refractivity (Wildman–Crippen MR) is 128 cm³/mol. The van der Waals surface area contributed by atoms with Gasteiger partial charge in [0.25, 0.3) is 5.91 Å². The Bertz CT molecular complexity index is 1130. The standard InChI is InChI=1S/C23H20N4O2S2/c1-16(28)27-23(2,18-13-7-4-8-14-18)31-22(26-27)25-21-24-20(29)19(30-21)15-9-12-17-10-5-3-6-11-17/h3-15H,1-2H3,(H,24,25,26,29)/b12-9+,19-15-. The summed E-state index contributed by atoms with van der Waals surface area (Å²) in [7, 11) is 0. The van der Waals surface area contributed by atoms with Crippen LogP contribution >= 0.6 is 23.5 Å². The second-order valence-corrected chi connectivity index (χ2v) is 9.33. The molecule has 0 aliphatic carbocycles. The van der Waals surface area contributed by atoms with Crippen LogP contribution in [0.2, 0.25) is 0 Å². The molecule has 1 saturated heterocycles. The summed E-state index contributed by atoms with van der Waals surface area (Å²) in [6.45, 7) is 3.42. The van der Waals surface area contributed by atoms with Crippen LogP contribution < -0.4 is 5.32 Å². The Morgan fingerprint density at radius 3 is 2.48 bits per heavy atom. The zero-order chi connectivity index (χ0) is 21.8. The van der Waals surface area contributed by atoms with Crippen LogP contribution in [-0.4, -0.2) is 27.2 Å². The number of nitrogens with one attached hydrogen (secondary N) is 1. The molecule has 6 nitrogen and oxygen atoms in total. The van der Waals surface area contributed by atoms with E-state index in [1.54, 1.807) is 6.08 Å². The van der Waals surface area contributed by atoms with Crippen molar-refractivity contribution in [3.63, 3.8) is 0 Å². The SMILES string of the molecule is CC(=O)N1N=C(N=C2NC(=O)/C(=C/C=C/c3ccccc3)S2)SC1(C)c1ccccc1. The average molecular weight is 449 g/mol. The van der Waals surface area contributed by atoms with E-state index in [2.05, 4.69) is 15.4 Å². The minimum absolute atomic E-state index is 0.177. The summed E-state index contributed by atoms with van der Waals surface area (Å²) in [5.74, 6) is -0.386. The van der Waals surface area contributed by atoms with Crippen LogP contribution in [0.15, 0.2) is 87.8 Å². The number of allylic oxidation sites excluding steroid dienone is 2. The average Bonchev–Trinajstić information content (AvgIpc) is 3.29. The van der Waals surface area contributed by atoms with Crippen LogP contribution in [0.1, 0.15) is 25.0 Å². The van der Waals surface area contributed by atoms with Gasteiger partial charge in [-0.25, -0.2) is 5.01 Å². The molecule has 2 aromatic rings. The van der Waals surface area contributed by atoms with Crippen LogP contribution in [0.4, 0.5) is 0 Å². The topological polar surface area (TPSA) is 74.1 Å². The van der Waals surface area contributed by atoms with Crippen LogP contribution in [0.5, 0.6) is 0 Å². The molecular weight excluding hydrogens is 428 g/mol. The number of amides is 2. The molecule has 2 amide bonds. The number of hydrogen-bond donors (Lipinski definition) is 1. The highest BCUT2D eigenvalue weighted by Crippen LogP contribution is 2.46. The molecule has 0 bridgehead atoms. The molecule has 1 unspecified atom stereocenters. The molecule has 4 rings (SSSR count). The fourth-order valence-electron chi connectivity index (χ4n) is 3.16. The van der Waals surface area contributed by atoms with Gasteiger partial charge in [-0.05, 0) is 47.7 Å². The Balaban J connectivity index is 1.52. The van der Waals surface area contributed by atoms with Gasteiger partial charge >= 0.3 is 0 Å². The predicted octanol–water partition coefficient (Wildman–Crippen LogP) is 4.54. The van der Waals surface area contributed by atoms with E-state index in [0.717, 1.165) is 11.1 Å². The molecule has 0 radical (unpaired) electrons. The highest BCUT2D eigenvalue weighted by molar-refractivity contribution is 8.19. The van der Waals surface area contributed by atoms with Crippen molar-refractivity contribution in [2.75, 3.05) is 0 Å². The second kappa shape index (κ2) is 8.95. The van der Waals surface area contributed by atoms with Crippen LogP contribution in [-0.2, 0) is 14.5 Å². The van der Waals surface area contributed by atoms with Gasteiger partial charge in [-0.3, -0.25) is 9.59 Å². The Morgan fingerprint density at radius 1 is 1.13 bits per heavy atom. The van der Waals surface area contributed by atoms with E-state index in [1.807, 2.05) is 79.7 Å². The van der Waals surface area contributed by atoms with Crippen molar-refractivity contribution in [3.8, 4) is 0 Å². The van der Waals surface area contributed by atoms with E-state index in [4.69, 9.17) is 0 Å². The van der Waals surface area contributed by atoms with Crippen molar-refractivity contribution >= 4 is 51.7 Å². The van der Waals surface area contributed by atoms with Gasteiger partial charge in [-0.1, -0.05) is 72.8 Å². The summed E-state index contributed by atoms with van der Waals surface area (Å²) in [5, 5.41) is 9.48. The number of carbonyl (C=O) groups is 2. The van der Waals surface area contributed by atoms with Crippen molar-refractivity contribution in [2.45, 2.75) is 18.7 Å². The first-order chi connectivity index (χ1) is 15.0. The monoisotopic (exact) mass is 448 g/mol. The number of hydrazone groups is 1. The number of carbonyl (C=O) groups excluding carboxylic acids is 2. The highest BCUT2D eigenvalue weighted by Gasteiger charge is 2.44. The Morgan fingerprint density at radius 2 is 1.81 bits per heavy atom. The van der Waals surface area contributed by atoms with Crippen LogP contribution in [0, 0.1) is 0 Å². The molecule has 1 atom stereocenters. The van der Waals surface area contributed by atoms with E-state index in [1.165, 1.54) is 35.5 Å². The van der Waals surface area contributed by atoms with Crippen molar-refractivity contribution in [2.24, 2.45) is 10.1 Å². The minimum atomic E-state index is -0.698. The maximum absolute atomic E-state index is 12.3. The Labute approximate surface area is 189 Å². The summed E-state index contributed by atoms with van der Waals surface area (Å²) in [6, 6.07) is 19.6. The van der Waals surface area contributed by atoms with E-state index in [0.29, 0.717) is 15.2 Å². The van der Waals surface area contributed by atoms with Crippen LogP contribution in [0.25, 0.3) is 6.08 Å². The summed E-state index contributed by atoms with van der Waals surface area (Å²) in [6.07, 6.45) is 5.53. The van der Waals surface area contributed by atoms with Crippen molar-refractivity contribution in [1.82, 2.24) is 10.3 Å². The maximum atomic E-state index is 12.3. The van der Waals surface area contributed by atoms with E-state index in [9.17, 15) is 9.59 Å². The van der Waals surface area contributed by atoms with Gasteiger partial charge in [-0.15, -0.1) is 5.10 Å². The maximum Gasteiger partial charge on any atom is 0.264 e. The Hall–Kier alpha value is -3.10. The first-order valence-corrected chi connectivity index (χ1v) is 11.2. The Kier molecular flexibility index (Phi) is 6.11. The number of rotatable bonds is 3. The number of benzene rings is 2. The fraction of sp³-hybridized carbons (Fsp3) is 0.130. The summed E-state index contributed by atoms with van der Waals surface area (Å²) in [4.78, 5) is 28.9. The van der Waals surface area contributed by atoms with E-state index >= 15 is 0 Å². The molecular formula is C23H20N4O2S2. The van der Waals surface area contributed by atoms with E-state index in [-0.39, 0.29) is 11.8 Å². The summed E-state index contributed by atoms with van der Waals surface area (Å²) >= 11 is 2.62. The number of aliphatic imine (C=N–C) groups is 1. The first kappa shape index (κ1) is 21.1. The number of thioether (sulfide) groups is 2.